The van der Waals surface area contributed by atoms with Crippen molar-refractivity contribution in [1.29, 1.82) is 0 Å². The molecule has 128 valence electrons. The van der Waals surface area contributed by atoms with Crippen LogP contribution in [0.5, 0.6) is 5.75 Å². The monoisotopic (exact) mass is 339 g/mol. The highest BCUT2D eigenvalue weighted by atomic mass is 16.5. The van der Waals surface area contributed by atoms with Gasteiger partial charge in [-0.25, -0.2) is 0 Å². The van der Waals surface area contributed by atoms with E-state index in [-0.39, 0.29) is 0 Å². The van der Waals surface area contributed by atoms with E-state index in [2.05, 4.69) is 72.6 Å². The molecule has 0 spiro atoms. The number of pyridine rings is 1. The molecule has 0 radical (unpaired) electrons. The van der Waals surface area contributed by atoms with Crippen LogP contribution in [0.1, 0.15) is 18.2 Å². The SMILES string of the molecule is CCc1cc(OCc2ccc(-c3ccccc3)cc2)c2ccccc2n1. The molecular weight excluding hydrogens is 318 g/mol. The Hall–Kier alpha value is -3.13. The topological polar surface area (TPSA) is 22.1 Å². The number of aromatic nitrogens is 1. The van der Waals surface area contributed by atoms with Crippen LogP contribution in [-0.4, -0.2) is 4.98 Å². The lowest BCUT2D eigenvalue weighted by Crippen LogP contribution is -1.98. The van der Waals surface area contributed by atoms with Gasteiger partial charge in [-0.2, -0.15) is 0 Å². The molecular formula is C24H21NO. The molecule has 0 atom stereocenters. The van der Waals surface area contributed by atoms with Crippen LogP contribution >= 0.6 is 0 Å². The number of rotatable bonds is 5. The van der Waals surface area contributed by atoms with E-state index in [0.29, 0.717) is 6.61 Å². The van der Waals surface area contributed by atoms with Gasteiger partial charge in [0.15, 0.2) is 0 Å². The smallest absolute Gasteiger partial charge is 0.131 e. The first-order valence-corrected chi connectivity index (χ1v) is 8.99. The predicted octanol–water partition coefficient (Wildman–Crippen LogP) is 6.04. The quantitative estimate of drug-likeness (QED) is 0.442. The fraction of sp³-hybridized carbons (Fsp3) is 0.125. The van der Waals surface area contributed by atoms with Crippen molar-refractivity contribution in [2.75, 3.05) is 0 Å². The molecule has 0 bridgehead atoms. The number of hydrogen-bond acceptors (Lipinski definition) is 2. The second kappa shape index (κ2) is 7.40. The molecule has 0 amide bonds. The molecule has 0 saturated carbocycles. The highest BCUT2D eigenvalue weighted by Crippen LogP contribution is 2.27. The van der Waals surface area contributed by atoms with Gasteiger partial charge in [0.05, 0.1) is 5.52 Å². The maximum Gasteiger partial charge on any atom is 0.131 e. The van der Waals surface area contributed by atoms with Gasteiger partial charge in [-0.3, -0.25) is 4.98 Å². The Morgan fingerprint density at radius 3 is 2.23 bits per heavy atom. The lowest BCUT2D eigenvalue weighted by atomic mass is 10.0. The van der Waals surface area contributed by atoms with Crippen molar-refractivity contribution in [2.45, 2.75) is 20.0 Å². The Morgan fingerprint density at radius 1 is 0.769 bits per heavy atom. The summed E-state index contributed by atoms with van der Waals surface area (Å²) < 4.78 is 6.15. The van der Waals surface area contributed by atoms with Gasteiger partial charge < -0.3 is 4.74 Å². The molecule has 4 aromatic rings. The minimum Gasteiger partial charge on any atom is -0.488 e. The van der Waals surface area contributed by atoms with E-state index < -0.39 is 0 Å². The molecule has 0 fully saturated rings. The van der Waals surface area contributed by atoms with Crippen LogP contribution in [0.15, 0.2) is 84.9 Å². The van der Waals surface area contributed by atoms with Crippen molar-refractivity contribution in [3.63, 3.8) is 0 Å². The average Bonchev–Trinajstić information content (AvgIpc) is 2.73. The van der Waals surface area contributed by atoms with Gasteiger partial charge in [0.2, 0.25) is 0 Å². The van der Waals surface area contributed by atoms with E-state index in [1.807, 2.05) is 24.3 Å². The van der Waals surface area contributed by atoms with Gasteiger partial charge in [0, 0.05) is 17.1 Å². The Bertz CT molecular complexity index is 1010. The first-order chi connectivity index (χ1) is 12.8. The average molecular weight is 339 g/mol. The second-order valence-electron chi connectivity index (χ2n) is 6.33. The van der Waals surface area contributed by atoms with Crippen molar-refractivity contribution in [2.24, 2.45) is 0 Å². The number of fused-ring (bicyclic) bond motifs is 1. The normalized spacial score (nSPS) is 10.8. The third-order valence-corrected chi connectivity index (χ3v) is 4.55. The van der Waals surface area contributed by atoms with Crippen LogP contribution in [0.2, 0.25) is 0 Å². The summed E-state index contributed by atoms with van der Waals surface area (Å²) in [5, 5.41) is 1.06. The van der Waals surface area contributed by atoms with Crippen LogP contribution in [0.25, 0.3) is 22.0 Å². The second-order valence-corrected chi connectivity index (χ2v) is 6.33. The third-order valence-electron chi connectivity index (χ3n) is 4.55. The number of para-hydroxylation sites is 1. The zero-order valence-electron chi connectivity index (χ0n) is 14.9. The molecule has 0 aliphatic rings. The van der Waals surface area contributed by atoms with E-state index in [4.69, 9.17) is 4.74 Å². The molecule has 0 aliphatic heterocycles. The van der Waals surface area contributed by atoms with Crippen LogP contribution in [0, 0.1) is 0 Å². The maximum atomic E-state index is 6.15. The van der Waals surface area contributed by atoms with Crippen LogP contribution in [-0.2, 0) is 13.0 Å². The van der Waals surface area contributed by atoms with Crippen molar-refractivity contribution in [1.82, 2.24) is 4.98 Å². The molecule has 0 N–H and O–H groups in total. The number of hydrogen-bond donors (Lipinski definition) is 0. The van der Waals surface area contributed by atoms with E-state index in [1.165, 1.54) is 11.1 Å². The number of nitrogens with zero attached hydrogens (tertiary/aromatic N) is 1. The Labute approximate surface area is 154 Å². The number of ether oxygens (including phenoxy) is 1. The molecule has 26 heavy (non-hydrogen) atoms. The highest BCUT2D eigenvalue weighted by Gasteiger charge is 2.06. The fourth-order valence-electron chi connectivity index (χ4n) is 3.08. The van der Waals surface area contributed by atoms with E-state index in [0.717, 1.165) is 34.3 Å². The first kappa shape index (κ1) is 16.3. The zero-order chi connectivity index (χ0) is 17.8. The highest BCUT2D eigenvalue weighted by molar-refractivity contribution is 5.85. The summed E-state index contributed by atoms with van der Waals surface area (Å²) in [4.78, 5) is 4.67. The van der Waals surface area contributed by atoms with Gasteiger partial charge in [-0.15, -0.1) is 0 Å². The summed E-state index contributed by atoms with van der Waals surface area (Å²) >= 11 is 0. The lowest BCUT2D eigenvalue weighted by molar-refractivity contribution is 0.309. The van der Waals surface area contributed by atoms with Crippen LogP contribution in [0.3, 0.4) is 0 Å². The molecule has 3 aromatic carbocycles. The van der Waals surface area contributed by atoms with Gasteiger partial charge in [0.25, 0.3) is 0 Å². The van der Waals surface area contributed by atoms with Crippen molar-refractivity contribution >= 4 is 10.9 Å². The first-order valence-electron chi connectivity index (χ1n) is 8.99. The summed E-state index contributed by atoms with van der Waals surface area (Å²) in [6, 6.07) is 29.2. The molecule has 0 aliphatic carbocycles. The Morgan fingerprint density at radius 2 is 1.46 bits per heavy atom. The van der Waals surface area contributed by atoms with Crippen molar-refractivity contribution < 1.29 is 4.74 Å². The van der Waals surface area contributed by atoms with Crippen molar-refractivity contribution in [3.05, 3.63) is 96.2 Å². The van der Waals surface area contributed by atoms with Gasteiger partial charge >= 0.3 is 0 Å². The number of benzene rings is 3. The molecule has 2 heteroatoms. The van der Waals surface area contributed by atoms with Crippen LogP contribution < -0.4 is 4.74 Å². The van der Waals surface area contributed by atoms with E-state index in [1.54, 1.807) is 0 Å². The standard InChI is InChI=1S/C24H21NO/c1-2-21-16-24(22-10-6-7-11-23(22)25-21)26-17-18-12-14-20(15-13-18)19-8-4-3-5-9-19/h3-16H,2,17H2,1H3. The fourth-order valence-corrected chi connectivity index (χ4v) is 3.08. The van der Waals surface area contributed by atoms with Gasteiger partial charge in [0.1, 0.15) is 12.4 Å². The molecule has 2 nitrogen and oxygen atoms in total. The molecule has 1 heterocycles. The molecule has 1 aromatic heterocycles. The lowest BCUT2D eigenvalue weighted by Gasteiger charge is -2.11. The number of aryl methyl sites for hydroxylation is 1. The van der Waals surface area contributed by atoms with E-state index in [9.17, 15) is 0 Å². The van der Waals surface area contributed by atoms with Crippen LogP contribution in [0.4, 0.5) is 0 Å². The molecule has 0 saturated heterocycles. The summed E-state index contributed by atoms with van der Waals surface area (Å²) in [5.41, 5.74) is 5.65. The Kier molecular flexibility index (Phi) is 4.65. The zero-order valence-corrected chi connectivity index (χ0v) is 14.9. The largest absolute Gasteiger partial charge is 0.488 e. The molecule has 4 rings (SSSR count). The van der Waals surface area contributed by atoms with Crippen molar-refractivity contribution in [3.8, 4) is 16.9 Å². The van der Waals surface area contributed by atoms with E-state index >= 15 is 0 Å². The third kappa shape index (κ3) is 3.45. The summed E-state index contributed by atoms with van der Waals surface area (Å²) in [7, 11) is 0. The minimum absolute atomic E-state index is 0.548. The maximum absolute atomic E-state index is 6.15. The van der Waals surface area contributed by atoms with Gasteiger partial charge in [-0.05, 0) is 35.2 Å². The summed E-state index contributed by atoms with van der Waals surface area (Å²) in [5.74, 6) is 0.902. The summed E-state index contributed by atoms with van der Waals surface area (Å²) in [6.45, 7) is 2.66. The Balaban J connectivity index is 1.55. The predicted molar refractivity (Wildman–Crippen MR) is 107 cm³/mol. The summed E-state index contributed by atoms with van der Waals surface area (Å²) in [6.07, 6.45) is 0.896. The minimum atomic E-state index is 0.548. The van der Waals surface area contributed by atoms with Gasteiger partial charge in [-0.1, -0.05) is 73.7 Å². The molecule has 0 unspecified atom stereocenters.